The number of hydrogen-bond acceptors (Lipinski definition) is 2. The van der Waals surface area contributed by atoms with Crippen molar-refractivity contribution in [3.63, 3.8) is 0 Å². The molecule has 1 unspecified atom stereocenters. The molecule has 0 aliphatic heterocycles. The van der Waals surface area contributed by atoms with Gasteiger partial charge in [0.2, 0.25) is 0 Å². The fourth-order valence-corrected chi connectivity index (χ4v) is 5.15. The van der Waals surface area contributed by atoms with E-state index in [1.54, 1.807) is 0 Å². The molecule has 1 atom stereocenters. The minimum absolute atomic E-state index is 0.460. The summed E-state index contributed by atoms with van der Waals surface area (Å²) in [6.07, 6.45) is 13.0. The Morgan fingerprint density at radius 2 is 1.55 bits per heavy atom. The van der Waals surface area contributed by atoms with Crippen LogP contribution in [0.4, 0.5) is 0 Å². The van der Waals surface area contributed by atoms with Crippen LogP contribution in [0.15, 0.2) is 0 Å². The lowest BCUT2D eigenvalue weighted by atomic mass is 9.73. The molecule has 118 valence electrons. The molecule has 2 saturated carbocycles. The first-order valence-corrected chi connectivity index (χ1v) is 9.27. The van der Waals surface area contributed by atoms with E-state index in [0.29, 0.717) is 5.54 Å². The van der Waals surface area contributed by atoms with Crippen molar-refractivity contribution < 1.29 is 0 Å². The van der Waals surface area contributed by atoms with Gasteiger partial charge < -0.3 is 5.32 Å². The van der Waals surface area contributed by atoms with Crippen LogP contribution in [0.25, 0.3) is 0 Å². The fraction of sp³-hybridized carbons (Fsp3) is 1.00. The lowest BCUT2D eigenvalue weighted by molar-refractivity contribution is 0.0309. The topological polar surface area (TPSA) is 15.3 Å². The molecule has 0 aromatic carbocycles. The summed E-state index contributed by atoms with van der Waals surface area (Å²) >= 11 is 0. The maximum Gasteiger partial charge on any atom is 0.0364 e. The molecule has 2 fully saturated rings. The van der Waals surface area contributed by atoms with E-state index in [0.717, 1.165) is 18.5 Å². The van der Waals surface area contributed by atoms with Crippen LogP contribution in [0.3, 0.4) is 0 Å². The smallest absolute Gasteiger partial charge is 0.0364 e. The van der Waals surface area contributed by atoms with Crippen molar-refractivity contribution in [2.24, 2.45) is 5.92 Å². The van der Waals surface area contributed by atoms with Gasteiger partial charge in [-0.1, -0.05) is 52.9 Å². The van der Waals surface area contributed by atoms with E-state index in [-0.39, 0.29) is 0 Å². The second kappa shape index (κ2) is 7.79. The minimum Gasteiger partial charge on any atom is -0.312 e. The summed E-state index contributed by atoms with van der Waals surface area (Å²) in [4.78, 5) is 2.79. The summed E-state index contributed by atoms with van der Waals surface area (Å²) in [7, 11) is 0. The largest absolute Gasteiger partial charge is 0.312 e. The lowest BCUT2D eigenvalue weighted by Gasteiger charge is -2.50. The summed E-state index contributed by atoms with van der Waals surface area (Å²) in [5, 5.41) is 3.94. The Labute approximate surface area is 126 Å². The van der Waals surface area contributed by atoms with Crippen LogP contribution in [-0.2, 0) is 0 Å². The summed E-state index contributed by atoms with van der Waals surface area (Å²) in [5.74, 6) is 0.919. The predicted molar refractivity (Wildman–Crippen MR) is 88.2 cm³/mol. The third-order valence-corrected chi connectivity index (χ3v) is 5.99. The van der Waals surface area contributed by atoms with Crippen molar-refractivity contribution in [1.29, 1.82) is 0 Å². The Bertz CT molecular complexity index is 261. The van der Waals surface area contributed by atoms with Crippen LogP contribution >= 0.6 is 0 Å². The van der Waals surface area contributed by atoms with Crippen molar-refractivity contribution in [3.8, 4) is 0 Å². The molecule has 2 heteroatoms. The second-order valence-electron chi connectivity index (χ2n) is 6.92. The summed E-state index contributed by atoms with van der Waals surface area (Å²) < 4.78 is 0. The van der Waals surface area contributed by atoms with E-state index in [2.05, 4.69) is 31.0 Å². The standard InChI is InChI=1S/C18H36N2/c1-4-19-17(16-12-8-7-9-13-16)18(14-10-11-15-18)20(5-2)6-3/h16-17,19H,4-15H2,1-3H3. The monoisotopic (exact) mass is 280 g/mol. The SMILES string of the molecule is CCNC(C1CCCCC1)C1(N(CC)CC)CCCC1. The Hall–Kier alpha value is -0.0800. The molecule has 0 bridgehead atoms. The average Bonchev–Trinajstić information content (AvgIpc) is 2.97. The molecule has 2 aliphatic rings. The minimum atomic E-state index is 0.460. The maximum absolute atomic E-state index is 3.94. The van der Waals surface area contributed by atoms with Gasteiger partial charge in [-0.3, -0.25) is 4.90 Å². The lowest BCUT2D eigenvalue weighted by Crippen LogP contribution is -2.62. The number of hydrogen-bond donors (Lipinski definition) is 1. The Balaban J connectivity index is 2.21. The van der Waals surface area contributed by atoms with Crippen LogP contribution in [0, 0.1) is 5.92 Å². The van der Waals surface area contributed by atoms with Gasteiger partial charge in [0.25, 0.3) is 0 Å². The van der Waals surface area contributed by atoms with Gasteiger partial charge in [-0.05, 0) is 51.2 Å². The van der Waals surface area contributed by atoms with Crippen LogP contribution in [-0.4, -0.2) is 36.1 Å². The highest BCUT2D eigenvalue weighted by Crippen LogP contribution is 2.43. The molecule has 2 aliphatic carbocycles. The number of rotatable bonds is 7. The highest BCUT2D eigenvalue weighted by molar-refractivity contribution is 5.05. The summed E-state index contributed by atoms with van der Waals surface area (Å²) in [5.41, 5.74) is 0.460. The summed E-state index contributed by atoms with van der Waals surface area (Å²) in [6, 6.07) is 0.732. The maximum atomic E-state index is 3.94. The highest BCUT2D eigenvalue weighted by atomic mass is 15.2. The third kappa shape index (κ3) is 3.22. The van der Waals surface area contributed by atoms with Gasteiger partial charge in [-0.25, -0.2) is 0 Å². The van der Waals surface area contributed by atoms with Gasteiger partial charge in [0.05, 0.1) is 0 Å². The van der Waals surface area contributed by atoms with Gasteiger partial charge >= 0.3 is 0 Å². The Kier molecular flexibility index (Phi) is 6.35. The molecule has 0 spiro atoms. The molecule has 0 heterocycles. The van der Waals surface area contributed by atoms with Crippen LogP contribution in [0.2, 0.25) is 0 Å². The zero-order valence-corrected chi connectivity index (χ0v) is 14.1. The van der Waals surface area contributed by atoms with Gasteiger partial charge in [0.15, 0.2) is 0 Å². The normalized spacial score (nSPS) is 25.2. The highest BCUT2D eigenvalue weighted by Gasteiger charge is 2.47. The van der Waals surface area contributed by atoms with Gasteiger partial charge in [-0.15, -0.1) is 0 Å². The van der Waals surface area contributed by atoms with Gasteiger partial charge in [-0.2, -0.15) is 0 Å². The molecular formula is C18H36N2. The molecule has 0 amide bonds. The van der Waals surface area contributed by atoms with Crippen LogP contribution in [0.5, 0.6) is 0 Å². The first kappa shape index (κ1) is 16.3. The van der Waals surface area contributed by atoms with Crippen LogP contribution in [0.1, 0.15) is 78.6 Å². The first-order chi connectivity index (χ1) is 9.78. The van der Waals surface area contributed by atoms with Gasteiger partial charge in [0.1, 0.15) is 0 Å². The molecule has 0 aromatic heterocycles. The average molecular weight is 280 g/mol. The van der Waals surface area contributed by atoms with Crippen molar-refractivity contribution in [2.75, 3.05) is 19.6 Å². The van der Waals surface area contributed by atoms with E-state index in [9.17, 15) is 0 Å². The number of nitrogens with zero attached hydrogens (tertiary/aromatic N) is 1. The van der Waals surface area contributed by atoms with E-state index in [4.69, 9.17) is 0 Å². The Morgan fingerprint density at radius 3 is 2.05 bits per heavy atom. The number of nitrogens with one attached hydrogen (secondary N) is 1. The summed E-state index contributed by atoms with van der Waals surface area (Å²) in [6.45, 7) is 10.6. The molecule has 20 heavy (non-hydrogen) atoms. The fourth-order valence-electron chi connectivity index (χ4n) is 5.15. The molecule has 0 saturated heterocycles. The predicted octanol–water partition coefficient (Wildman–Crippen LogP) is 4.20. The van der Waals surface area contributed by atoms with Crippen molar-refractivity contribution in [1.82, 2.24) is 10.2 Å². The van der Waals surface area contributed by atoms with E-state index >= 15 is 0 Å². The molecular weight excluding hydrogens is 244 g/mol. The van der Waals surface area contributed by atoms with Crippen molar-refractivity contribution in [3.05, 3.63) is 0 Å². The van der Waals surface area contributed by atoms with Crippen molar-refractivity contribution >= 4 is 0 Å². The van der Waals surface area contributed by atoms with Crippen LogP contribution < -0.4 is 5.32 Å². The first-order valence-electron chi connectivity index (χ1n) is 9.27. The zero-order valence-electron chi connectivity index (χ0n) is 14.1. The third-order valence-electron chi connectivity index (χ3n) is 5.99. The second-order valence-corrected chi connectivity index (χ2v) is 6.92. The zero-order chi connectivity index (χ0) is 14.4. The molecule has 2 nitrogen and oxygen atoms in total. The molecule has 2 rings (SSSR count). The Morgan fingerprint density at radius 1 is 0.950 bits per heavy atom. The molecule has 0 aromatic rings. The van der Waals surface area contributed by atoms with Gasteiger partial charge in [0, 0.05) is 11.6 Å². The van der Waals surface area contributed by atoms with E-state index in [1.165, 1.54) is 70.9 Å². The molecule has 1 N–H and O–H groups in total. The number of likely N-dealkylation sites (N-methyl/N-ethyl adjacent to an activating group) is 2. The van der Waals surface area contributed by atoms with E-state index < -0.39 is 0 Å². The molecule has 0 radical (unpaired) electrons. The van der Waals surface area contributed by atoms with E-state index in [1.807, 2.05) is 0 Å². The van der Waals surface area contributed by atoms with Crippen molar-refractivity contribution in [2.45, 2.75) is 90.1 Å². The quantitative estimate of drug-likeness (QED) is 0.752.